The molecular formula is C16H14N4O3S. The summed E-state index contributed by atoms with van der Waals surface area (Å²) in [5.74, 6) is -0.371. The number of carbonyl (C=O) groups is 1. The Labute approximate surface area is 140 Å². The number of nitrogens with one attached hydrogen (secondary N) is 3. The van der Waals surface area contributed by atoms with E-state index in [2.05, 4.69) is 20.3 Å². The number of thiazole rings is 1. The molecule has 2 heterocycles. The van der Waals surface area contributed by atoms with Crippen molar-refractivity contribution in [1.29, 1.82) is 0 Å². The molecule has 1 amide bonds. The maximum Gasteiger partial charge on any atom is 0.325 e. The van der Waals surface area contributed by atoms with E-state index in [-0.39, 0.29) is 17.9 Å². The van der Waals surface area contributed by atoms with Crippen molar-refractivity contribution in [2.75, 3.05) is 5.32 Å². The van der Waals surface area contributed by atoms with E-state index in [1.807, 2.05) is 35.7 Å². The lowest BCUT2D eigenvalue weighted by molar-refractivity contribution is -0.115. The monoisotopic (exact) mass is 342 g/mol. The number of benzene rings is 1. The summed E-state index contributed by atoms with van der Waals surface area (Å²) >= 11 is 1.31. The van der Waals surface area contributed by atoms with Gasteiger partial charge >= 0.3 is 5.69 Å². The number of H-pyrrole nitrogens is 2. The third-order valence-electron chi connectivity index (χ3n) is 3.41. The van der Waals surface area contributed by atoms with Gasteiger partial charge in [0.05, 0.1) is 12.1 Å². The normalized spacial score (nSPS) is 10.5. The summed E-state index contributed by atoms with van der Waals surface area (Å²) in [6.07, 6.45) is -0.141. The number of rotatable bonds is 4. The lowest BCUT2D eigenvalue weighted by atomic mass is 10.1. The Bertz CT molecular complexity index is 988. The van der Waals surface area contributed by atoms with Crippen LogP contribution in [-0.2, 0) is 11.2 Å². The molecule has 2 aromatic heterocycles. The van der Waals surface area contributed by atoms with Crippen molar-refractivity contribution in [2.24, 2.45) is 0 Å². The van der Waals surface area contributed by atoms with E-state index in [0.717, 1.165) is 11.3 Å². The molecule has 0 radical (unpaired) electrons. The second-order valence-corrected chi connectivity index (χ2v) is 6.00. The van der Waals surface area contributed by atoms with E-state index in [1.165, 1.54) is 11.3 Å². The molecule has 24 heavy (non-hydrogen) atoms. The quantitative estimate of drug-likeness (QED) is 0.670. The molecule has 0 aliphatic rings. The summed E-state index contributed by atoms with van der Waals surface area (Å²) in [6.45, 7) is 1.58. The molecule has 3 rings (SSSR count). The minimum absolute atomic E-state index is 0.141. The molecule has 0 unspecified atom stereocenters. The van der Waals surface area contributed by atoms with Gasteiger partial charge in [0.2, 0.25) is 5.91 Å². The Balaban J connectivity index is 1.74. The fraction of sp³-hybridized carbons (Fsp3) is 0.125. The number of nitrogens with zero attached hydrogens (tertiary/aromatic N) is 1. The fourth-order valence-corrected chi connectivity index (χ4v) is 2.97. The largest absolute Gasteiger partial charge is 0.325 e. The third kappa shape index (κ3) is 3.49. The van der Waals surface area contributed by atoms with Gasteiger partial charge in [0.15, 0.2) is 5.13 Å². The van der Waals surface area contributed by atoms with Gasteiger partial charge in [0.1, 0.15) is 0 Å². The number of aromatic amines is 2. The van der Waals surface area contributed by atoms with Crippen LogP contribution in [0.3, 0.4) is 0 Å². The van der Waals surface area contributed by atoms with Crippen LogP contribution in [-0.4, -0.2) is 20.9 Å². The summed E-state index contributed by atoms with van der Waals surface area (Å²) in [6, 6.07) is 9.62. The summed E-state index contributed by atoms with van der Waals surface area (Å²) in [5, 5.41) is 4.98. The molecule has 3 aromatic rings. The van der Waals surface area contributed by atoms with Crippen LogP contribution in [0.2, 0.25) is 0 Å². The highest BCUT2D eigenvalue weighted by Gasteiger charge is 2.13. The van der Waals surface area contributed by atoms with Gasteiger partial charge in [-0.3, -0.25) is 14.6 Å². The van der Waals surface area contributed by atoms with E-state index >= 15 is 0 Å². The topological polar surface area (TPSA) is 108 Å². The second-order valence-electron chi connectivity index (χ2n) is 5.14. The standard InChI is InChI=1S/C16H14N4O3S/c1-9-11(14(22)20-15(23)17-9)7-13(21)19-16-18-12(8-24-16)10-5-3-2-4-6-10/h2-6,8H,7H2,1H3,(H,18,19,21)(H2,17,20,22,23). The predicted molar refractivity (Wildman–Crippen MR) is 92.3 cm³/mol. The van der Waals surface area contributed by atoms with Crippen LogP contribution < -0.4 is 16.6 Å². The van der Waals surface area contributed by atoms with Gasteiger partial charge in [0.25, 0.3) is 5.56 Å². The highest BCUT2D eigenvalue weighted by atomic mass is 32.1. The van der Waals surface area contributed by atoms with Gasteiger partial charge in [-0.2, -0.15) is 0 Å². The van der Waals surface area contributed by atoms with Crippen LogP contribution in [0.25, 0.3) is 11.3 Å². The molecule has 0 atom stereocenters. The number of aromatic nitrogens is 3. The molecule has 7 nitrogen and oxygen atoms in total. The van der Waals surface area contributed by atoms with E-state index in [9.17, 15) is 14.4 Å². The number of carbonyl (C=O) groups excluding carboxylic acids is 1. The van der Waals surface area contributed by atoms with E-state index < -0.39 is 11.2 Å². The first kappa shape index (κ1) is 15.9. The maximum atomic E-state index is 12.1. The minimum atomic E-state index is -0.589. The molecule has 0 aliphatic heterocycles. The van der Waals surface area contributed by atoms with Gasteiger partial charge in [-0.25, -0.2) is 9.78 Å². The second kappa shape index (κ2) is 6.63. The van der Waals surface area contributed by atoms with Crippen LogP contribution in [0.4, 0.5) is 5.13 Å². The maximum absolute atomic E-state index is 12.1. The molecule has 122 valence electrons. The molecule has 0 saturated heterocycles. The average Bonchev–Trinajstić information content (AvgIpc) is 3.00. The van der Waals surface area contributed by atoms with Crippen molar-refractivity contribution in [3.8, 4) is 11.3 Å². The van der Waals surface area contributed by atoms with Crippen LogP contribution in [0.15, 0.2) is 45.3 Å². The van der Waals surface area contributed by atoms with Crippen molar-refractivity contribution in [3.63, 3.8) is 0 Å². The number of aryl methyl sites for hydroxylation is 1. The van der Waals surface area contributed by atoms with Crippen LogP contribution in [0, 0.1) is 6.92 Å². The predicted octanol–water partition coefficient (Wildman–Crippen LogP) is 1.68. The van der Waals surface area contributed by atoms with Crippen molar-refractivity contribution in [3.05, 3.63) is 67.8 Å². The zero-order valence-electron chi connectivity index (χ0n) is 12.8. The molecule has 0 saturated carbocycles. The van der Waals surface area contributed by atoms with Crippen molar-refractivity contribution in [2.45, 2.75) is 13.3 Å². The summed E-state index contributed by atoms with van der Waals surface area (Å²) in [5.41, 5.74) is 1.19. The Hall–Kier alpha value is -3.00. The lowest BCUT2D eigenvalue weighted by Gasteiger charge is -2.04. The molecule has 8 heteroatoms. The Morgan fingerprint density at radius 3 is 2.67 bits per heavy atom. The van der Waals surface area contributed by atoms with Crippen LogP contribution in [0.5, 0.6) is 0 Å². The lowest BCUT2D eigenvalue weighted by Crippen LogP contribution is -2.29. The van der Waals surface area contributed by atoms with Gasteiger partial charge in [-0.05, 0) is 6.92 Å². The SMILES string of the molecule is Cc1[nH]c(=O)[nH]c(=O)c1CC(=O)Nc1nc(-c2ccccc2)cs1. The molecular weight excluding hydrogens is 328 g/mol. The van der Waals surface area contributed by atoms with Gasteiger partial charge < -0.3 is 10.3 Å². The summed E-state index contributed by atoms with van der Waals surface area (Å²) < 4.78 is 0. The third-order valence-corrected chi connectivity index (χ3v) is 4.17. The highest BCUT2D eigenvalue weighted by Crippen LogP contribution is 2.24. The van der Waals surface area contributed by atoms with Gasteiger partial charge in [-0.15, -0.1) is 11.3 Å². The number of hydrogen-bond donors (Lipinski definition) is 3. The zero-order valence-corrected chi connectivity index (χ0v) is 13.6. The summed E-state index contributed by atoms with van der Waals surface area (Å²) in [4.78, 5) is 44.0. The number of hydrogen-bond acceptors (Lipinski definition) is 5. The van der Waals surface area contributed by atoms with Gasteiger partial charge in [-0.1, -0.05) is 30.3 Å². The number of anilines is 1. The van der Waals surface area contributed by atoms with Crippen molar-refractivity contribution in [1.82, 2.24) is 15.0 Å². The highest BCUT2D eigenvalue weighted by molar-refractivity contribution is 7.14. The zero-order chi connectivity index (χ0) is 17.1. The van der Waals surface area contributed by atoms with Crippen LogP contribution in [0.1, 0.15) is 11.3 Å². The fourth-order valence-electron chi connectivity index (χ4n) is 2.24. The first-order chi connectivity index (χ1) is 11.5. The Morgan fingerprint density at radius 1 is 1.21 bits per heavy atom. The van der Waals surface area contributed by atoms with E-state index in [0.29, 0.717) is 10.8 Å². The molecule has 0 fully saturated rings. The molecule has 3 N–H and O–H groups in total. The summed E-state index contributed by atoms with van der Waals surface area (Å²) in [7, 11) is 0. The Morgan fingerprint density at radius 2 is 1.96 bits per heavy atom. The Kier molecular flexibility index (Phi) is 4.39. The first-order valence-electron chi connectivity index (χ1n) is 7.16. The van der Waals surface area contributed by atoms with E-state index in [1.54, 1.807) is 6.92 Å². The average molecular weight is 342 g/mol. The van der Waals surface area contributed by atoms with Crippen molar-refractivity contribution < 1.29 is 4.79 Å². The molecule has 0 bridgehead atoms. The molecule has 0 aliphatic carbocycles. The van der Waals surface area contributed by atoms with Gasteiger partial charge in [0, 0.05) is 22.2 Å². The number of amides is 1. The first-order valence-corrected chi connectivity index (χ1v) is 8.04. The molecule has 0 spiro atoms. The molecule has 1 aromatic carbocycles. The smallest absolute Gasteiger partial charge is 0.311 e. The van der Waals surface area contributed by atoms with Crippen LogP contribution >= 0.6 is 11.3 Å². The minimum Gasteiger partial charge on any atom is -0.311 e. The van der Waals surface area contributed by atoms with E-state index in [4.69, 9.17) is 0 Å². The van der Waals surface area contributed by atoms with Crippen molar-refractivity contribution >= 4 is 22.4 Å².